The molecular formula is C12H21N3O2. The van der Waals surface area contributed by atoms with E-state index in [1.165, 1.54) is 0 Å². The zero-order valence-corrected chi connectivity index (χ0v) is 11.0. The Morgan fingerprint density at radius 3 is 2.82 bits per heavy atom. The third kappa shape index (κ3) is 4.99. The maximum Gasteiger partial charge on any atom is 0.226 e. The van der Waals surface area contributed by atoms with Crippen molar-refractivity contribution in [3.63, 3.8) is 0 Å². The summed E-state index contributed by atoms with van der Waals surface area (Å²) in [6.45, 7) is 7.36. The number of methoxy groups -OCH3 is 1. The summed E-state index contributed by atoms with van der Waals surface area (Å²) in [6, 6.07) is 1.75. The van der Waals surface area contributed by atoms with E-state index in [4.69, 9.17) is 9.47 Å². The first-order valence-corrected chi connectivity index (χ1v) is 5.82. The zero-order chi connectivity index (χ0) is 12.7. The summed E-state index contributed by atoms with van der Waals surface area (Å²) in [4.78, 5) is 8.37. The Morgan fingerprint density at radius 1 is 1.41 bits per heavy atom. The summed E-state index contributed by atoms with van der Waals surface area (Å²) in [7, 11) is 1.68. The summed E-state index contributed by atoms with van der Waals surface area (Å²) in [5.74, 6) is 1.16. The quantitative estimate of drug-likeness (QED) is 0.789. The lowest BCUT2D eigenvalue weighted by atomic mass is 10.1. The Labute approximate surface area is 103 Å². The molecule has 0 amide bonds. The molecule has 1 rings (SSSR count). The van der Waals surface area contributed by atoms with Crippen LogP contribution in [0.3, 0.4) is 0 Å². The molecule has 0 saturated carbocycles. The Morgan fingerprint density at radius 2 is 2.18 bits per heavy atom. The summed E-state index contributed by atoms with van der Waals surface area (Å²) in [6.07, 6.45) is 2.64. The van der Waals surface area contributed by atoms with Crippen LogP contribution in [-0.4, -0.2) is 35.8 Å². The molecule has 0 aliphatic rings. The average molecular weight is 239 g/mol. The lowest BCUT2D eigenvalue weighted by molar-refractivity contribution is 0.0342. The molecule has 0 atom stereocenters. The molecule has 0 aliphatic carbocycles. The second-order valence-corrected chi connectivity index (χ2v) is 4.38. The summed E-state index contributed by atoms with van der Waals surface area (Å²) < 4.78 is 10.7. The fourth-order valence-electron chi connectivity index (χ4n) is 1.08. The van der Waals surface area contributed by atoms with Gasteiger partial charge in [0.25, 0.3) is 0 Å². The topological polar surface area (TPSA) is 56.3 Å². The molecule has 0 aliphatic heterocycles. The van der Waals surface area contributed by atoms with Gasteiger partial charge < -0.3 is 14.8 Å². The summed E-state index contributed by atoms with van der Waals surface area (Å²) >= 11 is 0. The first-order chi connectivity index (χ1) is 8.07. The van der Waals surface area contributed by atoms with Crippen LogP contribution < -0.4 is 10.1 Å². The molecule has 1 aromatic rings. The van der Waals surface area contributed by atoms with Gasteiger partial charge in [-0.25, -0.2) is 4.98 Å². The second kappa shape index (κ2) is 6.39. The van der Waals surface area contributed by atoms with Gasteiger partial charge in [0.15, 0.2) is 0 Å². The van der Waals surface area contributed by atoms with Gasteiger partial charge in [0.2, 0.25) is 11.8 Å². The van der Waals surface area contributed by atoms with E-state index in [1.54, 1.807) is 19.4 Å². The largest absolute Gasteiger partial charge is 0.478 e. The monoisotopic (exact) mass is 239 g/mol. The van der Waals surface area contributed by atoms with E-state index in [-0.39, 0.29) is 5.60 Å². The lowest BCUT2D eigenvalue weighted by Gasteiger charge is -2.23. The van der Waals surface area contributed by atoms with Gasteiger partial charge in [0, 0.05) is 25.9 Å². The molecule has 0 bridgehead atoms. The fraction of sp³-hybridized carbons (Fsp3) is 0.667. The predicted octanol–water partition coefficient (Wildman–Crippen LogP) is 2.10. The first kappa shape index (κ1) is 13.7. The minimum Gasteiger partial charge on any atom is -0.478 e. The van der Waals surface area contributed by atoms with Crippen molar-refractivity contribution < 1.29 is 9.47 Å². The molecule has 1 heterocycles. The van der Waals surface area contributed by atoms with Crippen molar-refractivity contribution in [2.75, 3.05) is 25.6 Å². The smallest absolute Gasteiger partial charge is 0.226 e. The van der Waals surface area contributed by atoms with Crippen molar-refractivity contribution >= 4 is 5.95 Å². The molecule has 1 N–H and O–H groups in total. The molecule has 96 valence electrons. The Hall–Kier alpha value is -1.36. The number of hydrogen-bond acceptors (Lipinski definition) is 5. The van der Waals surface area contributed by atoms with E-state index < -0.39 is 0 Å². The van der Waals surface area contributed by atoms with E-state index in [2.05, 4.69) is 22.2 Å². The molecule has 5 heteroatoms. The van der Waals surface area contributed by atoms with Crippen molar-refractivity contribution in [2.24, 2.45) is 0 Å². The number of aromatic nitrogens is 2. The van der Waals surface area contributed by atoms with E-state index in [9.17, 15) is 0 Å². The third-order valence-corrected chi connectivity index (χ3v) is 2.31. The number of nitrogens with zero attached hydrogens (tertiary/aromatic N) is 2. The number of nitrogens with one attached hydrogen (secondary N) is 1. The molecule has 5 nitrogen and oxygen atoms in total. The molecular weight excluding hydrogens is 218 g/mol. The highest BCUT2D eigenvalue weighted by atomic mass is 16.5. The number of ether oxygens (including phenoxy) is 2. The minimum atomic E-state index is -0.246. The van der Waals surface area contributed by atoms with Gasteiger partial charge in [-0.3, -0.25) is 0 Å². The van der Waals surface area contributed by atoms with Crippen molar-refractivity contribution in [2.45, 2.75) is 32.8 Å². The van der Waals surface area contributed by atoms with E-state index in [1.807, 2.05) is 13.8 Å². The van der Waals surface area contributed by atoms with Crippen LogP contribution >= 0.6 is 0 Å². The van der Waals surface area contributed by atoms with Crippen molar-refractivity contribution in [3.8, 4) is 5.88 Å². The van der Waals surface area contributed by atoms with Crippen LogP contribution in [-0.2, 0) is 4.74 Å². The van der Waals surface area contributed by atoms with Crippen molar-refractivity contribution in [3.05, 3.63) is 12.3 Å². The Balaban J connectivity index is 2.53. The Bertz CT molecular complexity index is 342. The van der Waals surface area contributed by atoms with Crippen LogP contribution in [0.5, 0.6) is 5.88 Å². The van der Waals surface area contributed by atoms with Crippen LogP contribution in [0.4, 0.5) is 5.95 Å². The van der Waals surface area contributed by atoms with E-state index >= 15 is 0 Å². The van der Waals surface area contributed by atoms with Gasteiger partial charge in [-0.05, 0) is 20.3 Å². The highest BCUT2D eigenvalue weighted by Gasteiger charge is 2.16. The van der Waals surface area contributed by atoms with Crippen LogP contribution in [0.15, 0.2) is 12.3 Å². The maximum absolute atomic E-state index is 5.43. The number of rotatable bonds is 7. The van der Waals surface area contributed by atoms with E-state index in [0.717, 1.165) is 6.42 Å². The fourth-order valence-corrected chi connectivity index (χ4v) is 1.08. The normalized spacial score (nSPS) is 11.3. The van der Waals surface area contributed by atoms with Crippen molar-refractivity contribution in [1.29, 1.82) is 0 Å². The molecule has 0 unspecified atom stereocenters. The molecule has 0 radical (unpaired) electrons. The second-order valence-electron chi connectivity index (χ2n) is 4.38. The van der Waals surface area contributed by atoms with Gasteiger partial charge >= 0.3 is 0 Å². The molecule has 0 saturated heterocycles. The van der Waals surface area contributed by atoms with Crippen LogP contribution in [0.1, 0.15) is 27.2 Å². The molecule has 1 aromatic heterocycles. The van der Waals surface area contributed by atoms with Gasteiger partial charge in [0.1, 0.15) is 0 Å². The molecule has 0 spiro atoms. The zero-order valence-electron chi connectivity index (χ0n) is 11.0. The summed E-state index contributed by atoms with van der Waals surface area (Å²) in [5.41, 5.74) is -0.246. The SMILES string of the molecule is CCCOc1ccnc(NCC(C)(C)OC)n1. The average Bonchev–Trinajstić information content (AvgIpc) is 2.35. The maximum atomic E-state index is 5.43. The first-order valence-electron chi connectivity index (χ1n) is 5.82. The van der Waals surface area contributed by atoms with E-state index in [0.29, 0.717) is 25.0 Å². The Kier molecular flexibility index (Phi) is 5.15. The van der Waals surface area contributed by atoms with Gasteiger partial charge in [-0.2, -0.15) is 4.98 Å². The third-order valence-electron chi connectivity index (χ3n) is 2.31. The van der Waals surface area contributed by atoms with Crippen molar-refractivity contribution in [1.82, 2.24) is 9.97 Å². The number of hydrogen-bond donors (Lipinski definition) is 1. The summed E-state index contributed by atoms with van der Waals surface area (Å²) in [5, 5.41) is 3.13. The number of anilines is 1. The predicted molar refractivity (Wildman–Crippen MR) is 67.4 cm³/mol. The van der Waals surface area contributed by atoms with Crippen LogP contribution in [0, 0.1) is 0 Å². The highest BCUT2D eigenvalue weighted by Crippen LogP contribution is 2.11. The molecule has 0 aromatic carbocycles. The van der Waals surface area contributed by atoms with Crippen LogP contribution in [0.25, 0.3) is 0 Å². The molecule has 17 heavy (non-hydrogen) atoms. The van der Waals surface area contributed by atoms with Gasteiger partial charge in [-0.15, -0.1) is 0 Å². The lowest BCUT2D eigenvalue weighted by Crippen LogP contribution is -2.32. The standard InChI is InChI=1S/C12H21N3O2/c1-5-8-17-10-6-7-13-11(15-10)14-9-12(2,3)16-4/h6-7H,5,8-9H2,1-4H3,(H,13,14,15). The molecule has 0 fully saturated rings. The highest BCUT2D eigenvalue weighted by molar-refractivity contribution is 5.27. The minimum absolute atomic E-state index is 0.246. The van der Waals surface area contributed by atoms with Gasteiger partial charge in [-0.1, -0.05) is 6.92 Å². The van der Waals surface area contributed by atoms with Gasteiger partial charge in [0.05, 0.1) is 12.2 Å². The van der Waals surface area contributed by atoms with Crippen LogP contribution in [0.2, 0.25) is 0 Å².